The Balaban J connectivity index is 2.64. The van der Waals surface area contributed by atoms with Crippen molar-refractivity contribution in [2.45, 2.75) is 0 Å². The fourth-order valence-corrected chi connectivity index (χ4v) is 2.48. The second kappa shape index (κ2) is 7.06. The molecule has 0 saturated carbocycles. The molecule has 0 heterocycles. The van der Waals surface area contributed by atoms with Crippen LogP contribution in [0.4, 0.5) is 0 Å². The number of halogens is 1. The van der Waals surface area contributed by atoms with E-state index in [0.29, 0.717) is 22.9 Å². The number of carbonyl (C=O) groups excluding carboxylic acids is 1. The molecule has 0 spiro atoms. The van der Waals surface area contributed by atoms with E-state index in [1.807, 2.05) is 0 Å². The molecule has 0 aliphatic carbocycles. The van der Waals surface area contributed by atoms with Crippen molar-refractivity contribution in [1.82, 2.24) is 4.90 Å². The molecule has 5 nitrogen and oxygen atoms in total. The van der Waals surface area contributed by atoms with E-state index in [2.05, 4.69) is 0 Å². The van der Waals surface area contributed by atoms with Gasteiger partial charge in [0.25, 0.3) is 0 Å². The SMILES string of the molecule is COc1ccc(C(=O)CN(C)CCS(C)(=O)=O)cc1Cl. The Morgan fingerprint density at radius 2 is 2.05 bits per heavy atom. The summed E-state index contributed by atoms with van der Waals surface area (Å²) in [5.74, 6) is 0.416. The van der Waals surface area contributed by atoms with Crippen molar-refractivity contribution in [3.05, 3.63) is 28.8 Å². The third-order valence-electron chi connectivity index (χ3n) is 2.73. The topological polar surface area (TPSA) is 63.7 Å². The standard InChI is InChI=1S/C13H18ClNO4S/c1-15(6-7-20(3,17)18)9-12(16)10-4-5-13(19-2)11(14)8-10/h4-5,8H,6-7,9H2,1-3H3. The summed E-state index contributed by atoms with van der Waals surface area (Å²) in [5.41, 5.74) is 0.474. The average Bonchev–Trinajstić information content (AvgIpc) is 2.35. The van der Waals surface area contributed by atoms with E-state index in [9.17, 15) is 13.2 Å². The van der Waals surface area contributed by atoms with Crippen molar-refractivity contribution in [3.8, 4) is 5.75 Å². The molecule has 0 amide bonds. The highest BCUT2D eigenvalue weighted by molar-refractivity contribution is 7.90. The number of rotatable bonds is 7. The quantitative estimate of drug-likeness (QED) is 0.713. The minimum atomic E-state index is -3.03. The van der Waals surface area contributed by atoms with E-state index in [0.717, 1.165) is 0 Å². The van der Waals surface area contributed by atoms with Crippen molar-refractivity contribution < 1.29 is 17.9 Å². The molecule has 0 bridgehead atoms. The number of Topliss-reactive ketones (excluding diaryl/α,β-unsaturated/α-hetero) is 1. The smallest absolute Gasteiger partial charge is 0.176 e. The van der Waals surface area contributed by atoms with Gasteiger partial charge in [0.1, 0.15) is 15.6 Å². The van der Waals surface area contributed by atoms with Crippen LogP contribution in [0, 0.1) is 0 Å². The van der Waals surface area contributed by atoms with Crippen molar-refractivity contribution >= 4 is 27.2 Å². The van der Waals surface area contributed by atoms with E-state index in [1.54, 1.807) is 30.1 Å². The highest BCUT2D eigenvalue weighted by Crippen LogP contribution is 2.25. The van der Waals surface area contributed by atoms with Crippen molar-refractivity contribution in [2.75, 3.05) is 39.3 Å². The predicted octanol–water partition coefficient (Wildman–Crippen LogP) is 1.51. The first-order valence-corrected chi connectivity index (χ1v) is 8.40. The molecule has 0 aliphatic heterocycles. The number of carbonyl (C=O) groups is 1. The molecule has 0 saturated heterocycles. The predicted molar refractivity (Wildman–Crippen MR) is 79.5 cm³/mol. The van der Waals surface area contributed by atoms with Crippen LogP contribution < -0.4 is 4.74 Å². The van der Waals surface area contributed by atoms with Crippen molar-refractivity contribution in [3.63, 3.8) is 0 Å². The van der Waals surface area contributed by atoms with E-state index >= 15 is 0 Å². The Labute approximate surface area is 124 Å². The Kier molecular flexibility index (Phi) is 5.98. The number of benzene rings is 1. The molecular formula is C13H18ClNO4S. The zero-order valence-corrected chi connectivity index (χ0v) is 13.3. The number of hydrogen-bond acceptors (Lipinski definition) is 5. The van der Waals surface area contributed by atoms with Crippen LogP contribution in [0.3, 0.4) is 0 Å². The molecule has 1 aromatic rings. The van der Waals surface area contributed by atoms with E-state index < -0.39 is 9.84 Å². The highest BCUT2D eigenvalue weighted by Gasteiger charge is 2.13. The summed E-state index contributed by atoms with van der Waals surface area (Å²) in [4.78, 5) is 13.7. The van der Waals surface area contributed by atoms with Gasteiger partial charge < -0.3 is 4.74 Å². The monoisotopic (exact) mass is 319 g/mol. The second-order valence-corrected chi connectivity index (χ2v) is 7.31. The average molecular weight is 320 g/mol. The molecule has 0 radical (unpaired) electrons. The van der Waals surface area contributed by atoms with Crippen LogP contribution in [-0.2, 0) is 9.84 Å². The van der Waals surface area contributed by atoms with Gasteiger partial charge in [-0.05, 0) is 25.2 Å². The molecule has 20 heavy (non-hydrogen) atoms. The van der Waals surface area contributed by atoms with Crippen molar-refractivity contribution in [2.24, 2.45) is 0 Å². The van der Waals surface area contributed by atoms with Crippen LogP contribution in [0.5, 0.6) is 5.75 Å². The Hall–Kier alpha value is -1.11. The van der Waals surface area contributed by atoms with Gasteiger partial charge in [0.2, 0.25) is 0 Å². The van der Waals surface area contributed by atoms with Gasteiger partial charge in [-0.15, -0.1) is 0 Å². The summed E-state index contributed by atoms with van der Waals surface area (Å²) in [6.07, 6.45) is 1.17. The summed E-state index contributed by atoms with van der Waals surface area (Å²) in [5, 5.41) is 0.372. The Bertz CT molecular complexity index is 586. The molecule has 0 aliphatic rings. The minimum Gasteiger partial charge on any atom is -0.495 e. The maximum atomic E-state index is 12.0. The number of sulfone groups is 1. The maximum absolute atomic E-state index is 12.0. The Morgan fingerprint density at radius 1 is 1.40 bits per heavy atom. The van der Waals surface area contributed by atoms with Gasteiger partial charge in [-0.3, -0.25) is 9.69 Å². The van der Waals surface area contributed by atoms with Crippen LogP contribution in [0.15, 0.2) is 18.2 Å². The lowest BCUT2D eigenvalue weighted by Gasteiger charge is -2.15. The van der Waals surface area contributed by atoms with Crippen LogP contribution >= 0.6 is 11.6 Å². The Morgan fingerprint density at radius 3 is 2.55 bits per heavy atom. The van der Waals surface area contributed by atoms with Gasteiger partial charge in [-0.2, -0.15) is 0 Å². The summed E-state index contributed by atoms with van der Waals surface area (Å²) < 4.78 is 27.1. The van der Waals surface area contributed by atoms with Gasteiger partial charge in [0, 0.05) is 18.4 Å². The first-order valence-electron chi connectivity index (χ1n) is 5.96. The largest absolute Gasteiger partial charge is 0.495 e. The normalized spacial score (nSPS) is 11.7. The van der Waals surface area contributed by atoms with Gasteiger partial charge in [0.05, 0.1) is 24.4 Å². The molecule has 7 heteroatoms. The van der Waals surface area contributed by atoms with Crippen LogP contribution in [0.25, 0.3) is 0 Å². The van der Waals surface area contributed by atoms with Crippen LogP contribution in [-0.4, -0.2) is 58.4 Å². The number of hydrogen-bond donors (Lipinski definition) is 0. The molecule has 0 atom stereocenters. The summed E-state index contributed by atoms with van der Waals surface area (Å²) in [7, 11) is 0.178. The summed E-state index contributed by atoms with van der Waals surface area (Å²) in [6, 6.07) is 4.82. The first kappa shape index (κ1) is 16.9. The number of ether oxygens (including phenoxy) is 1. The van der Waals surface area contributed by atoms with Crippen LogP contribution in [0.1, 0.15) is 10.4 Å². The fourth-order valence-electron chi connectivity index (χ4n) is 1.58. The van der Waals surface area contributed by atoms with Gasteiger partial charge in [-0.1, -0.05) is 11.6 Å². The van der Waals surface area contributed by atoms with E-state index in [4.69, 9.17) is 16.3 Å². The third kappa shape index (κ3) is 5.48. The maximum Gasteiger partial charge on any atom is 0.176 e. The lowest BCUT2D eigenvalue weighted by Crippen LogP contribution is -2.30. The molecule has 1 rings (SSSR count). The third-order valence-corrected chi connectivity index (χ3v) is 3.95. The van der Waals surface area contributed by atoms with Crippen molar-refractivity contribution in [1.29, 1.82) is 0 Å². The van der Waals surface area contributed by atoms with Gasteiger partial charge >= 0.3 is 0 Å². The molecule has 0 fully saturated rings. The summed E-state index contributed by atoms with van der Waals surface area (Å²) in [6.45, 7) is 0.451. The molecule has 0 N–H and O–H groups in total. The zero-order chi connectivity index (χ0) is 15.3. The number of likely N-dealkylation sites (N-methyl/N-ethyl adjacent to an activating group) is 1. The van der Waals surface area contributed by atoms with E-state index in [-0.39, 0.29) is 18.1 Å². The first-order chi connectivity index (χ1) is 9.23. The summed E-state index contributed by atoms with van der Waals surface area (Å²) >= 11 is 5.96. The lowest BCUT2D eigenvalue weighted by molar-refractivity contribution is 0.0949. The number of nitrogens with zero attached hydrogens (tertiary/aromatic N) is 1. The van der Waals surface area contributed by atoms with Crippen LogP contribution in [0.2, 0.25) is 5.02 Å². The molecular weight excluding hydrogens is 302 g/mol. The number of ketones is 1. The molecule has 0 aromatic heterocycles. The van der Waals surface area contributed by atoms with E-state index in [1.165, 1.54) is 13.4 Å². The van der Waals surface area contributed by atoms with Gasteiger partial charge in [-0.25, -0.2) is 8.42 Å². The van der Waals surface area contributed by atoms with Gasteiger partial charge in [0.15, 0.2) is 5.78 Å². The number of methoxy groups -OCH3 is 1. The lowest BCUT2D eigenvalue weighted by atomic mass is 10.1. The zero-order valence-electron chi connectivity index (χ0n) is 11.7. The molecule has 112 valence electrons. The second-order valence-electron chi connectivity index (χ2n) is 4.64. The highest BCUT2D eigenvalue weighted by atomic mass is 35.5. The fraction of sp³-hybridized carbons (Fsp3) is 0.462. The minimum absolute atomic E-state index is 0.0279. The molecule has 0 unspecified atom stereocenters. The molecule has 1 aromatic carbocycles.